The normalized spacial score (nSPS) is 10.6. The fraction of sp³-hybridized carbons (Fsp3) is 0.375. The van der Waals surface area contributed by atoms with Crippen LogP contribution in [0.4, 0.5) is 0 Å². The van der Waals surface area contributed by atoms with Crippen LogP contribution in [0.15, 0.2) is 24.3 Å². The van der Waals surface area contributed by atoms with Crippen molar-refractivity contribution in [1.82, 2.24) is 0 Å². The van der Waals surface area contributed by atoms with E-state index < -0.39 is 5.97 Å². The lowest BCUT2D eigenvalue weighted by Gasteiger charge is -2.04. The number of ether oxygens (including phenoxy) is 2. The van der Waals surface area contributed by atoms with E-state index in [0.717, 1.165) is 6.42 Å². The Hall–Kier alpha value is -2.30. The van der Waals surface area contributed by atoms with Crippen molar-refractivity contribution in [3.8, 4) is 11.5 Å². The van der Waals surface area contributed by atoms with E-state index in [1.807, 2.05) is 6.92 Å². The molecule has 0 spiro atoms. The number of rotatable bonds is 8. The molecule has 0 fully saturated rings. The van der Waals surface area contributed by atoms with Crippen molar-refractivity contribution in [2.45, 2.75) is 26.2 Å². The second-order valence-electron chi connectivity index (χ2n) is 4.47. The van der Waals surface area contributed by atoms with Crippen molar-refractivity contribution < 1.29 is 24.2 Å². The Morgan fingerprint density at radius 3 is 2.71 bits per heavy atom. The summed E-state index contributed by atoms with van der Waals surface area (Å²) < 4.78 is 9.90. The van der Waals surface area contributed by atoms with E-state index in [-0.39, 0.29) is 24.6 Å². The number of carbonyl (C=O) groups excluding carboxylic acids is 2. The van der Waals surface area contributed by atoms with Gasteiger partial charge in [-0.05, 0) is 30.2 Å². The highest BCUT2D eigenvalue weighted by atomic mass is 16.5. The lowest BCUT2D eigenvalue weighted by atomic mass is 10.2. The molecule has 0 amide bonds. The van der Waals surface area contributed by atoms with Crippen LogP contribution >= 0.6 is 0 Å². The minimum atomic E-state index is -0.508. The number of ketones is 1. The van der Waals surface area contributed by atoms with Gasteiger partial charge in [-0.15, -0.1) is 0 Å². The SMILES string of the molecule is CCCC(=O)CCOC(=O)C=Cc1ccc(O)c(OC)c1. The Labute approximate surface area is 124 Å². The molecule has 1 rings (SSSR count). The summed E-state index contributed by atoms with van der Waals surface area (Å²) in [6, 6.07) is 4.73. The molecule has 5 nitrogen and oxygen atoms in total. The predicted molar refractivity (Wildman–Crippen MR) is 79.2 cm³/mol. The van der Waals surface area contributed by atoms with E-state index in [1.165, 1.54) is 19.3 Å². The van der Waals surface area contributed by atoms with Crippen molar-refractivity contribution in [3.63, 3.8) is 0 Å². The van der Waals surface area contributed by atoms with Gasteiger partial charge in [0.05, 0.1) is 13.7 Å². The van der Waals surface area contributed by atoms with Gasteiger partial charge in [0.15, 0.2) is 11.5 Å². The predicted octanol–water partition coefficient (Wildman–Crippen LogP) is 2.72. The molecule has 5 heteroatoms. The zero-order valence-corrected chi connectivity index (χ0v) is 12.3. The highest BCUT2D eigenvalue weighted by molar-refractivity contribution is 5.87. The van der Waals surface area contributed by atoms with Gasteiger partial charge >= 0.3 is 5.97 Å². The molecule has 0 bridgehead atoms. The first-order chi connectivity index (χ1) is 10.1. The van der Waals surface area contributed by atoms with Crippen molar-refractivity contribution in [2.24, 2.45) is 0 Å². The highest BCUT2D eigenvalue weighted by Gasteiger charge is 2.04. The van der Waals surface area contributed by atoms with Gasteiger partial charge in [0, 0.05) is 18.9 Å². The van der Waals surface area contributed by atoms with Crippen molar-refractivity contribution in [2.75, 3.05) is 13.7 Å². The zero-order chi connectivity index (χ0) is 15.7. The molecule has 1 N–H and O–H groups in total. The van der Waals surface area contributed by atoms with E-state index in [9.17, 15) is 14.7 Å². The molecule has 0 unspecified atom stereocenters. The standard InChI is InChI=1S/C16H20O5/c1-3-4-13(17)9-10-21-16(19)8-6-12-5-7-14(18)15(11-12)20-2/h5-8,11,18H,3-4,9-10H2,1-2H3. The highest BCUT2D eigenvalue weighted by Crippen LogP contribution is 2.26. The summed E-state index contributed by atoms with van der Waals surface area (Å²) in [4.78, 5) is 22.7. The average molecular weight is 292 g/mol. The lowest BCUT2D eigenvalue weighted by Crippen LogP contribution is -2.07. The molecule has 114 valence electrons. The molecule has 0 aliphatic heterocycles. The number of hydrogen-bond donors (Lipinski definition) is 1. The van der Waals surface area contributed by atoms with E-state index in [4.69, 9.17) is 9.47 Å². The molecular formula is C16H20O5. The number of hydrogen-bond acceptors (Lipinski definition) is 5. The Balaban J connectivity index is 2.45. The zero-order valence-electron chi connectivity index (χ0n) is 12.3. The van der Waals surface area contributed by atoms with Crippen LogP contribution in [0.25, 0.3) is 6.08 Å². The minimum Gasteiger partial charge on any atom is -0.504 e. The van der Waals surface area contributed by atoms with E-state index in [0.29, 0.717) is 17.7 Å². The van der Waals surface area contributed by atoms with Crippen LogP contribution in [-0.4, -0.2) is 30.6 Å². The Bertz CT molecular complexity index is 519. The van der Waals surface area contributed by atoms with Crippen molar-refractivity contribution in [1.29, 1.82) is 0 Å². The summed E-state index contributed by atoms with van der Waals surface area (Å²) in [5.74, 6) is -0.0498. The van der Waals surface area contributed by atoms with E-state index in [2.05, 4.69) is 0 Å². The van der Waals surface area contributed by atoms with Gasteiger partial charge in [0.1, 0.15) is 5.78 Å². The molecule has 0 aliphatic rings. The molecule has 21 heavy (non-hydrogen) atoms. The number of phenolic OH excluding ortho intramolecular Hbond substituents is 1. The molecule has 1 aromatic rings. The van der Waals surface area contributed by atoms with Crippen LogP contribution in [-0.2, 0) is 14.3 Å². The maximum atomic E-state index is 11.5. The molecular weight excluding hydrogens is 272 g/mol. The third-order valence-corrected chi connectivity index (χ3v) is 2.77. The van der Waals surface area contributed by atoms with Gasteiger partial charge < -0.3 is 14.6 Å². The molecule has 0 saturated carbocycles. The number of methoxy groups -OCH3 is 1. The molecule has 0 saturated heterocycles. The number of carbonyl (C=O) groups is 2. The Morgan fingerprint density at radius 1 is 1.29 bits per heavy atom. The number of benzene rings is 1. The summed E-state index contributed by atoms with van der Waals surface area (Å²) in [6.07, 6.45) is 4.39. The summed E-state index contributed by atoms with van der Waals surface area (Å²) in [5, 5.41) is 9.45. The molecule has 0 atom stereocenters. The first kappa shape index (κ1) is 16.8. The Kier molecular flexibility index (Phi) is 7.01. The van der Waals surface area contributed by atoms with Gasteiger partial charge in [0.25, 0.3) is 0 Å². The van der Waals surface area contributed by atoms with Crippen LogP contribution in [0, 0.1) is 0 Å². The topological polar surface area (TPSA) is 72.8 Å². The molecule has 0 aliphatic carbocycles. The van der Waals surface area contributed by atoms with Gasteiger partial charge in [-0.3, -0.25) is 4.79 Å². The number of phenols is 1. The molecule has 1 aromatic carbocycles. The fourth-order valence-corrected chi connectivity index (χ4v) is 1.68. The summed E-state index contributed by atoms with van der Waals surface area (Å²) in [6.45, 7) is 2.03. The largest absolute Gasteiger partial charge is 0.504 e. The first-order valence-corrected chi connectivity index (χ1v) is 6.80. The lowest BCUT2D eigenvalue weighted by molar-refractivity contribution is -0.138. The molecule has 0 aromatic heterocycles. The average Bonchev–Trinajstić information content (AvgIpc) is 2.46. The monoisotopic (exact) mass is 292 g/mol. The van der Waals surface area contributed by atoms with Crippen molar-refractivity contribution in [3.05, 3.63) is 29.8 Å². The van der Waals surface area contributed by atoms with Crippen LogP contribution in [0.3, 0.4) is 0 Å². The van der Waals surface area contributed by atoms with E-state index in [1.54, 1.807) is 18.2 Å². The summed E-state index contributed by atoms with van der Waals surface area (Å²) >= 11 is 0. The summed E-state index contributed by atoms with van der Waals surface area (Å²) in [5.41, 5.74) is 0.698. The maximum absolute atomic E-state index is 11.5. The third kappa shape index (κ3) is 6.12. The van der Waals surface area contributed by atoms with E-state index >= 15 is 0 Å². The molecule has 0 heterocycles. The fourth-order valence-electron chi connectivity index (χ4n) is 1.68. The second kappa shape index (κ2) is 8.79. The first-order valence-electron chi connectivity index (χ1n) is 6.80. The number of aromatic hydroxyl groups is 1. The van der Waals surface area contributed by atoms with Gasteiger partial charge in [0.2, 0.25) is 0 Å². The van der Waals surface area contributed by atoms with Crippen LogP contribution in [0.1, 0.15) is 31.7 Å². The van der Waals surface area contributed by atoms with Crippen molar-refractivity contribution >= 4 is 17.8 Å². The van der Waals surface area contributed by atoms with Gasteiger partial charge in [-0.2, -0.15) is 0 Å². The van der Waals surface area contributed by atoms with Gasteiger partial charge in [-0.25, -0.2) is 4.79 Å². The maximum Gasteiger partial charge on any atom is 0.330 e. The minimum absolute atomic E-state index is 0.0339. The number of Topliss-reactive ketones (excluding diaryl/α,β-unsaturated/α-hetero) is 1. The Morgan fingerprint density at radius 2 is 2.05 bits per heavy atom. The molecule has 0 radical (unpaired) electrons. The third-order valence-electron chi connectivity index (χ3n) is 2.77. The summed E-state index contributed by atoms with van der Waals surface area (Å²) in [7, 11) is 1.45. The second-order valence-corrected chi connectivity index (χ2v) is 4.47. The van der Waals surface area contributed by atoms with Gasteiger partial charge in [-0.1, -0.05) is 13.0 Å². The van der Waals surface area contributed by atoms with Crippen LogP contribution < -0.4 is 4.74 Å². The quantitative estimate of drug-likeness (QED) is 0.589. The number of esters is 1. The van der Waals surface area contributed by atoms with Crippen LogP contribution in [0.5, 0.6) is 11.5 Å². The smallest absolute Gasteiger partial charge is 0.330 e. The van der Waals surface area contributed by atoms with Crippen LogP contribution in [0.2, 0.25) is 0 Å².